The fourth-order valence-corrected chi connectivity index (χ4v) is 2.17. The number of hydrogen-bond acceptors (Lipinski definition) is 4. The van der Waals surface area contributed by atoms with Gasteiger partial charge in [-0.1, -0.05) is 44.2 Å². The standard InChI is InChI=1S/C17H24N4/c1-3-10-18-16-12-17(21-13-20-16)19-11-9-14(2)15-7-5-4-6-8-15/h4-8,12-14H,3,9-11H2,1-2H3,(H2,18,19,20,21). The predicted molar refractivity (Wildman–Crippen MR) is 88.8 cm³/mol. The van der Waals surface area contributed by atoms with E-state index in [2.05, 4.69) is 64.8 Å². The molecule has 1 atom stereocenters. The maximum absolute atomic E-state index is 4.25. The van der Waals surface area contributed by atoms with Crippen molar-refractivity contribution in [1.82, 2.24) is 9.97 Å². The van der Waals surface area contributed by atoms with E-state index in [1.165, 1.54) is 5.56 Å². The number of rotatable bonds is 8. The Kier molecular flexibility index (Phi) is 6.00. The summed E-state index contributed by atoms with van der Waals surface area (Å²) in [5, 5.41) is 6.64. The molecule has 0 spiro atoms. The van der Waals surface area contributed by atoms with Crippen LogP contribution in [-0.2, 0) is 0 Å². The van der Waals surface area contributed by atoms with Crippen molar-refractivity contribution in [1.29, 1.82) is 0 Å². The Labute approximate surface area is 127 Å². The zero-order chi connectivity index (χ0) is 14.9. The summed E-state index contributed by atoms with van der Waals surface area (Å²) in [4.78, 5) is 8.46. The molecule has 2 N–H and O–H groups in total. The van der Waals surface area contributed by atoms with E-state index >= 15 is 0 Å². The molecule has 0 saturated heterocycles. The minimum Gasteiger partial charge on any atom is -0.370 e. The summed E-state index contributed by atoms with van der Waals surface area (Å²) >= 11 is 0. The average Bonchev–Trinajstić information content (AvgIpc) is 2.54. The van der Waals surface area contributed by atoms with Gasteiger partial charge in [0.1, 0.15) is 18.0 Å². The molecule has 0 bridgehead atoms. The summed E-state index contributed by atoms with van der Waals surface area (Å²) in [6.45, 7) is 6.23. The van der Waals surface area contributed by atoms with Crippen LogP contribution in [0.4, 0.5) is 11.6 Å². The zero-order valence-electron chi connectivity index (χ0n) is 12.8. The van der Waals surface area contributed by atoms with Crippen LogP contribution in [0.5, 0.6) is 0 Å². The second-order valence-electron chi connectivity index (χ2n) is 5.24. The highest BCUT2D eigenvalue weighted by molar-refractivity contribution is 5.46. The minimum absolute atomic E-state index is 0.540. The lowest BCUT2D eigenvalue weighted by Crippen LogP contribution is -2.08. The number of nitrogens with zero attached hydrogens (tertiary/aromatic N) is 2. The van der Waals surface area contributed by atoms with Gasteiger partial charge in [-0.3, -0.25) is 0 Å². The first-order valence-corrected chi connectivity index (χ1v) is 7.64. The maximum Gasteiger partial charge on any atom is 0.131 e. The maximum atomic E-state index is 4.25. The van der Waals surface area contributed by atoms with Gasteiger partial charge in [-0.15, -0.1) is 0 Å². The van der Waals surface area contributed by atoms with Crippen LogP contribution in [0.15, 0.2) is 42.7 Å². The molecule has 1 aromatic carbocycles. The van der Waals surface area contributed by atoms with Crippen LogP contribution in [0.25, 0.3) is 0 Å². The van der Waals surface area contributed by atoms with Crippen molar-refractivity contribution in [2.24, 2.45) is 0 Å². The fraction of sp³-hybridized carbons (Fsp3) is 0.412. The van der Waals surface area contributed by atoms with E-state index in [1.807, 2.05) is 6.07 Å². The largest absolute Gasteiger partial charge is 0.370 e. The Balaban J connectivity index is 1.80. The minimum atomic E-state index is 0.540. The van der Waals surface area contributed by atoms with E-state index in [1.54, 1.807) is 6.33 Å². The molecule has 0 aliphatic carbocycles. The molecule has 0 fully saturated rings. The number of aromatic nitrogens is 2. The van der Waals surface area contributed by atoms with E-state index in [9.17, 15) is 0 Å². The third-order valence-electron chi connectivity index (χ3n) is 3.48. The Morgan fingerprint density at radius 1 is 1.00 bits per heavy atom. The molecule has 0 amide bonds. The second-order valence-corrected chi connectivity index (χ2v) is 5.24. The van der Waals surface area contributed by atoms with Crippen molar-refractivity contribution in [2.45, 2.75) is 32.6 Å². The van der Waals surface area contributed by atoms with Gasteiger partial charge >= 0.3 is 0 Å². The molecule has 0 aliphatic rings. The van der Waals surface area contributed by atoms with Gasteiger partial charge in [0.05, 0.1) is 0 Å². The zero-order valence-corrected chi connectivity index (χ0v) is 12.8. The van der Waals surface area contributed by atoms with Crippen LogP contribution >= 0.6 is 0 Å². The third kappa shape index (κ3) is 5.06. The quantitative estimate of drug-likeness (QED) is 0.772. The molecule has 1 unspecified atom stereocenters. The van der Waals surface area contributed by atoms with Gasteiger partial charge in [-0.25, -0.2) is 9.97 Å². The summed E-state index contributed by atoms with van der Waals surface area (Å²) in [6.07, 6.45) is 3.76. The summed E-state index contributed by atoms with van der Waals surface area (Å²) in [5.74, 6) is 2.30. The molecule has 21 heavy (non-hydrogen) atoms. The molecule has 1 aromatic heterocycles. The monoisotopic (exact) mass is 284 g/mol. The highest BCUT2D eigenvalue weighted by Gasteiger charge is 2.04. The van der Waals surface area contributed by atoms with Crippen molar-refractivity contribution in [3.05, 3.63) is 48.3 Å². The molecule has 0 aliphatic heterocycles. The number of hydrogen-bond donors (Lipinski definition) is 2. The van der Waals surface area contributed by atoms with E-state index in [0.717, 1.165) is 37.6 Å². The van der Waals surface area contributed by atoms with Crippen LogP contribution < -0.4 is 10.6 Å². The Bertz CT molecular complexity index is 527. The molecule has 0 radical (unpaired) electrons. The van der Waals surface area contributed by atoms with E-state index in [4.69, 9.17) is 0 Å². The molecular formula is C17H24N4. The van der Waals surface area contributed by atoms with Crippen LogP contribution in [0.2, 0.25) is 0 Å². The molecule has 2 rings (SSSR count). The summed E-state index contributed by atoms with van der Waals surface area (Å²) in [6, 6.07) is 12.6. The van der Waals surface area contributed by atoms with Gasteiger partial charge in [0, 0.05) is 19.2 Å². The first-order chi connectivity index (χ1) is 10.3. The van der Waals surface area contributed by atoms with Crippen molar-refractivity contribution in [2.75, 3.05) is 23.7 Å². The molecule has 1 heterocycles. The smallest absolute Gasteiger partial charge is 0.131 e. The lowest BCUT2D eigenvalue weighted by Gasteiger charge is -2.13. The van der Waals surface area contributed by atoms with E-state index in [-0.39, 0.29) is 0 Å². The SMILES string of the molecule is CCCNc1cc(NCCC(C)c2ccccc2)ncn1. The van der Waals surface area contributed by atoms with Gasteiger partial charge < -0.3 is 10.6 Å². The highest BCUT2D eigenvalue weighted by atomic mass is 15.1. The number of benzene rings is 1. The van der Waals surface area contributed by atoms with Gasteiger partial charge in [0.25, 0.3) is 0 Å². The molecule has 0 saturated carbocycles. The molecule has 4 nitrogen and oxygen atoms in total. The number of anilines is 2. The van der Waals surface area contributed by atoms with Crippen molar-refractivity contribution in [3.63, 3.8) is 0 Å². The van der Waals surface area contributed by atoms with Crippen LogP contribution in [0, 0.1) is 0 Å². The highest BCUT2D eigenvalue weighted by Crippen LogP contribution is 2.18. The van der Waals surface area contributed by atoms with Crippen LogP contribution in [0.1, 0.15) is 38.2 Å². The van der Waals surface area contributed by atoms with Crippen molar-refractivity contribution in [3.8, 4) is 0 Å². The van der Waals surface area contributed by atoms with Crippen molar-refractivity contribution < 1.29 is 0 Å². The predicted octanol–water partition coefficient (Wildman–Crippen LogP) is 3.90. The normalized spacial score (nSPS) is 11.9. The van der Waals surface area contributed by atoms with Gasteiger partial charge in [0.15, 0.2) is 0 Å². The lowest BCUT2D eigenvalue weighted by molar-refractivity contribution is 0.704. The van der Waals surface area contributed by atoms with E-state index < -0.39 is 0 Å². The Morgan fingerprint density at radius 3 is 2.33 bits per heavy atom. The molecule has 2 aromatic rings. The third-order valence-corrected chi connectivity index (χ3v) is 3.48. The first-order valence-electron chi connectivity index (χ1n) is 7.64. The summed E-state index contributed by atoms with van der Waals surface area (Å²) < 4.78 is 0. The summed E-state index contributed by atoms with van der Waals surface area (Å²) in [5.41, 5.74) is 1.38. The molecule has 112 valence electrons. The van der Waals surface area contributed by atoms with Crippen LogP contribution in [-0.4, -0.2) is 23.1 Å². The van der Waals surface area contributed by atoms with Gasteiger partial charge in [-0.2, -0.15) is 0 Å². The van der Waals surface area contributed by atoms with Gasteiger partial charge in [0.2, 0.25) is 0 Å². The Hall–Kier alpha value is -2.10. The average molecular weight is 284 g/mol. The van der Waals surface area contributed by atoms with Crippen molar-refractivity contribution >= 4 is 11.6 Å². The van der Waals surface area contributed by atoms with Gasteiger partial charge in [-0.05, 0) is 24.3 Å². The van der Waals surface area contributed by atoms with E-state index in [0.29, 0.717) is 5.92 Å². The topological polar surface area (TPSA) is 49.8 Å². The first kappa shape index (κ1) is 15.3. The molecule has 4 heteroatoms. The Morgan fingerprint density at radius 2 is 1.67 bits per heavy atom. The lowest BCUT2D eigenvalue weighted by atomic mass is 9.98. The van der Waals surface area contributed by atoms with Crippen LogP contribution in [0.3, 0.4) is 0 Å². The fourth-order valence-electron chi connectivity index (χ4n) is 2.17. The number of nitrogens with one attached hydrogen (secondary N) is 2. The second kappa shape index (κ2) is 8.25. The molecular weight excluding hydrogens is 260 g/mol. The summed E-state index contributed by atoms with van der Waals surface area (Å²) in [7, 11) is 0.